The van der Waals surface area contributed by atoms with Crippen molar-refractivity contribution in [2.24, 2.45) is 7.05 Å². The van der Waals surface area contributed by atoms with Gasteiger partial charge in [0.25, 0.3) is 0 Å². The summed E-state index contributed by atoms with van der Waals surface area (Å²) >= 11 is 0. The molecule has 28 heavy (non-hydrogen) atoms. The fourth-order valence-electron chi connectivity index (χ4n) is 4.07. The van der Waals surface area contributed by atoms with Gasteiger partial charge in [0.15, 0.2) is 0 Å². The molecule has 1 saturated heterocycles. The molecule has 8 nitrogen and oxygen atoms in total. The molecule has 3 amide bonds. The third-order valence-corrected chi connectivity index (χ3v) is 5.52. The zero-order valence-electron chi connectivity index (χ0n) is 16.3. The van der Waals surface area contributed by atoms with Gasteiger partial charge in [-0.2, -0.15) is 5.10 Å². The molecule has 2 aromatic rings. The van der Waals surface area contributed by atoms with Crippen molar-refractivity contribution in [1.29, 1.82) is 0 Å². The summed E-state index contributed by atoms with van der Waals surface area (Å²) in [6.45, 7) is 1.69. The van der Waals surface area contributed by atoms with Crippen molar-refractivity contribution < 1.29 is 9.59 Å². The van der Waals surface area contributed by atoms with E-state index in [0.29, 0.717) is 6.42 Å². The molecule has 2 aliphatic heterocycles. The highest BCUT2D eigenvalue weighted by atomic mass is 16.2. The molecule has 2 unspecified atom stereocenters. The molecule has 0 bridgehead atoms. The molecule has 0 aliphatic carbocycles. The highest BCUT2D eigenvalue weighted by Crippen LogP contribution is 2.26. The van der Waals surface area contributed by atoms with E-state index < -0.39 is 6.04 Å². The minimum Gasteiger partial charge on any atom is -0.367 e. The van der Waals surface area contributed by atoms with Crippen LogP contribution >= 0.6 is 0 Å². The Kier molecular flexibility index (Phi) is 4.93. The number of amides is 3. The lowest BCUT2D eigenvalue weighted by atomic mass is 9.98. The van der Waals surface area contributed by atoms with E-state index in [1.165, 1.54) is 0 Å². The fraction of sp³-hybridized carbons (Fsp3) is 0.450. The van der Waals surface area contributed by atoms with Gasteiger partial charge in [0, 0.05) is 51.5 Å². The Morgan fingerprint density at radius 3 is 2.82 bits per heavy atom. The predicted octanol–water partition coefficient (Wildman–Crippen LogP) is 1.28. The van der Waals surface area contributed by atoms with Gasteiger partial charge in [0.1, 0.15) is 6.04 Å². The van der Waals surface area contributed by atoms with Crippen molar-refractivity contribution in [2.45, 2.75) is 31.3 Å². The number of piperidine rings is 1. The van der Waals surface area contributed by atoms with E-state index in [0.717, 1.165) is 42.9 Å². The number of rotatable bonds is 3. The number of likely N-dealkylation sites (N-methyl/N-ethyl adjacent to an activating group) is 1. The molecule has 2 aliphatic rings. The van der Waals surface area contributed by atoms with Crippen molar-refractivity contribution >= 4 is 23.3 Å². The zero-order valence-corrected chi connectivity index (χ0v) is 16.3. The SMILES string of the molecule is CN1C(=O)C(NC(=O)NC2CCCN(c3cnn(C)c3)C2)Cc2ccccc21. The summed E-state index contributed by atoms with van der Waals surface area (Å²) in [5, 5.41) is 10.1. The van der Waals surface area contributed by atoms with Gasteiger partial charge in [-0.05, 0) is 24.5 Å². The lowest BCUT2D eigenvalue weighted by Gasteiger charge is -2.35. The number of carbonyl (C=O) groups excluding carboxylic acids is 2. The first-order valence-corrected chi connectivity index (χ1v) is 9.67. The molecule has 3 heterocycles. The number of carbonyl (C=O) groups is 2. The topological polar surface area (TPSA) is 82.5 Å². The molecule has 148 valence electrons. The Hall–Kier alpha value is -3.03. The van der Waals surface area contributed by atoms with Crippen LogP contribution in [-0.2, 0) is 18.3 Å². The monoisotopic (exact) mass is 382 g/mol. The molecule has 1 fully saturated rings. The number of aromatic nitrogens is 2. The number of hydrogen-bond acceptors (Lipinski definition) is 4. The molecule has 1 aromatic carbocycles. The van der Waals surface area contributed by atoms with E-state index in [2.05, 4.69) is 20.6 Å². The average molecular weight is 382 g/mol. The van der Waals surface area contributed by atoms with Gasteiger partial charge in [-0.3, -0.25) is 9.48 Å². The number of nitrogens with one attached hydrogen (secondary N) is 2. The second-order valence-corrected chi connectivity index (χ2v) is 7.56. The lowest BCUT2D eigenvalue weighted by Crippen LogP contribution is -2.57. The highest BCUT2D eigenvalue weighted by Gasteiger charge is 2.32. The first-order valence-electron chi connectivity index (χ1n) is 9.67. The van der Waals surface area contributed by atoms with Crippen LogP contribution in [0.5, 0.6) is 0 Å². The number of anilines is 2. The van der Waals surface area contributed by atoms with Gasteiger partial charge in [0.05, 0.1) is 11.9 Å². The first kappa shape index (κ1) is 18.3. The fourth-order valence-corrected chi connectivity index (χ4v) is 4.07. The summed E-state index contributed by atoms with van der Waals surface area (Å²) in [6.07, 6.45) is 6.26. The number of fused-ring (bicyclic) bond motifs is 1. The maximum atomic E-state index is 12.6. The number of urea groups is 1. The van der Waals surface area contributed by atoms with E-state index in [1.54, 1.807) is 16.6 Å². The van der Waals surface area contributed by atoms with Gasteiger partial charge >= 0.3 is 6.03 Å². The van der Waals surface area contributed by atoms with E-state index in [-0.39, 0.29) is 18.0 Å². The normalized spacial score (nSPS) is 22.0. The van der Waals surface area contributed by atoms with Crippen molar-refractivity contribution in [1.82, 2.24) is 20.4 Å². The molecule has 0 saturated carbocycles. The molecular formula is C20H26N6O2. The first-order chi connectivity index (χ1) is 13.5. The van der Waals surface area contributed by atoms with Crippen LogP contribution in [0.15, 0.2) is 36.7 Å². The Morgan fingerprint density at radius 2 is 2.04 bits per heavy atom. The van der Waals surface area contributed by atoms with Crippen LogP contribution in [-0.4, -0.2) is 53.9 Å². The van der Waals surface area contributed by atoms with Crippen molar-refractivity contribution in [2.75, 3.05) is 29.9 Å². The quantitative estimate of drug-likeness (QED) is 0.838. The van der Waals surface area contributed by atoms with Crippen LogP contribution < -0.4 is 20.4 Å². The molecule has 8 heteroatoms. The van der Waals surface area contributed by atoms with Crippen LogP contribution in [0, 0.1) is 0 Å². The number of benzene rings is 1. The predicted molar refractivity (Wildman–Crippen MR) is 107 cm³/mol. The van der Waals surface area contributed by atoms with E-state index in [1.807, 2.05) is 43.7 Å². The highest BCUT2D eigenvalue weighted by molar-refractivity contribution is 6.01. The Balaban J connectivity index is 1.36. The summed E-state index contributed by atoms with van der Waals surface area (Å²) in [5.74, 6) is -0.0884. The smallest absolute Gasteiger partial charge is 0.315 e. The molecule has 2 N–H and O–H groups in total. The van der Waals surface area contributed by atoms with Crippen LogP contribution in [0.2, 0.25) is 0 Å². The summed E-state index contributed by atoms with van der Waals surface area (Å²) in [5.41, 5.74) is 3.04. The van der Waals surface area contributed by atoms with Gasteiger partial charge in [0.2, 0.25) is 5.91 Å². The summed E-state index contributed by atoms with van der Waals surface area (Å²) in [6, 6.07) is 7.00. The minimum absolute atomic E-state index is 0.0395. The summed E-state index contributed by atoms with van der Waals surface area (Å²) in [4.78, 5) is 29.0. The molecule has 4 rings (SSSR count). The van der Waals surface area contributed by atoms with Crippen LogP contribution in [0.4, 0.5) is 16.2 Å². The van der Waals surface area contributed by atoms with Crippen molar-refractivity contribution in [3.8, 4) is 0 Å². The van der Waals surface area contributed by atoms with Crippen molar-refractivity contribution in [3.63, 3.8) is 0 Å². The number of para-hydroxylation sites is 1. The third-order valence-electron chi connectivity index (χ3n) is 5.52. The summed E-state index contributed by atoms with van der Waals surface area (Å²) < 4.78 is 1.78. The largest absolute Gasteiger partial charge is 0.367 e. The Morgan fingerprint density at radius 1 is 1.21 bits per heavy atom. The lowest BCUT2D eigenvalue weighted by molar-refractivity contribution is -0.120. The standard InChI is InChI=1S/C20H26N6O2/c1-24-13-16(11-21-24)26-9-5-7-15(12-26)22-20(28)23-17-10-14-6-3-4-8-18(14)25(2)19(17)27/h3-4,6,8,11,13,15,17H,5,7,9-10,12H2,1-2H3,(H2,22,23,28). The van der Waals surface area contributed by atoms with E-state index >= 15 is 0 Å². The van der Waals surface area contributed by atoms with Crippen LogP contribution in [0.3, 0.4) is 0 Å². The molecule has 0 spiro atoms. The molecule has 2 atom stereocenters. The van der Waals surface area contributed by atoms with Gasteiger partial charge in [-0.25, -0.2) is 4.79 Å². The van der Waals surface area contributed by atoms with Crippen LogP contribution in [0.25, 0.3) is 0 Å². The second kappa shape index (κ2) is 7.53. The third kappa shape index (κ3) is 3.67. The minimum atomic E-state index is -0.544. The molecule has 0 radical (unpaired) electrons. The number of aryl methyl sites for hydroxylation is 1. The second-order valence-electron chi connectivity index (χ2n) is 7.56. The van der Waals surface area contributed by atoms with Gasteiger partial charge in [-0.1, -0.05) is 18.2 Å². The summed E-state index contributed by atoms with van der Waals surface area (Å²) in [7, 11) is 3.65. The van der Waals surface area contributed by atoms with E-state index in [9.17, 15) is 9.59 Å². The van der Waals surface area contributed by atoms with Gasteiger partial charge < -0.3 is 20.4 Å². The number of nitrogens with zero attached hydrogens (tertiary/aromatic N) is 4. The number of hydrogen-bond donors (Lipinski definition) is 2. The zero-order chi connectivity index (χ0) is 19.7. The Bertz CT molecular complexity index is 879. The van der Waals surface area contributed by atoms with Gasteiger partial charge in [-0.15, -0.1) is 0 Å². The van der Waals surface area contributed by atoms with Crippen LogP contribution in [0.1, 0.15) is 18.4 Å². The molecular weight excluding hydrogens is 356 g/mol. The average Bonchev–Trinajstić information content (AvgIpc) is 3.12. The maximum Gasteiger partial charge on any atom is 0.315 e. The molecule has 1 aromatic heterocycles. The maximum absolute atomic E-state index is 12.6. The van der Waals surface area contributed by atoms with Crippen molar-refractivity contribution in [3.05, 3.63) is 42.2 Å². The van der Waals surface area contributed by atoms with E-state index in [4.69, 9.17) is 0 Å². The Labute approximate surface area is 164 Å².